The Morgan fingerprint density at radius 1 is 1.24 bits per heavy atom. The second kappa shape index (κ2) is 7.46. The lowest BCUT2D eigenvalue weighted by Gasteiger charge is -2.31. The smallest absolute Gasteiger partial charge is 0.343 e. The number of aryl methyl sites for hydroxylation is 1. The number of esters is 1. The SMILES string of the molecule is CCN(C)Cc1c2c(nc3cc(F)c(C)cc13)-c1cc3c(c(=O)n1C2)COC(=O)[C@]3(O)CC. The molecule has 0 saturated carbocycles. The van der Waals surface area contributed by atoms with E-state index in [1.165, 1.54) is 6.07 Å². The van der Waals surface area contributed by atoms with Gasteiger partial charge in [0, 0.05) is 29.1 Å². The summed E-state index contributed by atoms with van der Waals surface area (Å²) in [4.78, 5) is 32.7. The molecule has 0 aliphatic carbocycles. The van der Waals surface area contributed by atoms with Gasteiger partial charge in [-0.05, 0) is 50.2 Å². The molecule has 0 amide bonds. The van der Waals surface area contributed by atoms with Gasteiger partial charge in [-0.15, -0.1) is 0 Å². The third-order valence-electron chi connectivity index (χ3n) is 7.05. The zero-order valence-corrected chi connectivity index (χ0v) is 19.2. The van der Waals surface area contributed by atoms with E-state index >= 15 is 0 Å². The molecule has 1 aromatic carbocycles. The van der Waals surface area contributed by atoms with Gasteiger partial charge in [0.25, 0.3) is 5.56 Å². The molecule has 0 fully saturated rings. The van der Waals surface area contributed by atoms with Crippen LogP contribution in [0, 0.1) is 12.7 Å². The molecule has 2 aromatic heterocycles. The maximum Gasteiger partial charge on any atom is 0.343 e. The lowest BCUT2D eigenvalue weighted by molar-refractivity contribution is -0.172. The Hall–Kier alpha value is -3.10. The van der Waals surface area contributed by atoms with Crippen molar-refractivity contribution in [3.63, 3.8) is 0 Å². The van der Waals surface area contributed by atoms with Gasteiger partial charge in [0.15, 0.2) is 5.60 Å². The largest absolute Gasteiger partial charge is 0.458 e. The van der Waals surface area contributed by atoms with Crippen molar-refractivity contribution in [2.45, 2.75) is 52.5 Å². The van der Waals surface area contributed by atoms with E-state index in [0.29, 0.717) is 35.6 Å². The Kier molecular flexibility index (Phi) is 4.91. The standard InChI is InChI=1S/C25H26FN3O4/c1-5-25(32)18-8-21-22-16(11-29(21)23(30)17(18)12-33-24(25)31)15(10-28(4)6-2)14-7-13(3)19(26)9-20(14)27-22/h7-9,32H,5-6,10-12H2,1-4H3/t25-/m0/s1. The number of carbonyl (C=O) groups is 1. The summed E-state index contributed by atoms with van der Waals surface area (Å²) >= 11 is 0. The maximum absolute atomic E-state index is 14.4. The lowest BCUT2D eigenvalue weighted by Crippen LogP contribution is -2.44. The van der Waals surface area contributed by atoms with Gasteiger partial charge in [-0.1, -0.05) is 13.8 Å². The molecule has 2 aliphatic heterocycles. The predicted molar refractivity (Wildman–Crippen MR) is 121 cm³/mol. The minimum atomic E-state index is -1.88. The molecule has 5 rings (SSSR count). The normalized spacial score (nSPS) is 18.9. The number of benzene rings is 1. The summed E-state index contributed by atoms with van der Waals surface area (Å²) in [5.41, 5.74) is 2.45. The van der Waals surface area contributed by atoms with Crippen molar-refractivity contribution < 1.29 is 19.0 Å². The Labute approximate surface area is 190 Å². The molecule has 8 heteroatoms. The number of fused-ring (bicyclic) bond motifs is 5. The average Bonchev–Trinajstić information content (AvgIpc) is 3.16. The number of pyridine rings is 2. The molecule has 7 nitrogen and oxygen atoms in total. The molecule has 1 N–H and O–H groups in total. The summed E-state index contributed by atoms with van der Waals surface area (Å²) in [6.07, 6.45) is 0.0801. The molecule has 0 bridgehead atoms. The van der Waals surface area contributed by atoms with Crippen LogP contribution in [0.1, 0.15) is 48.1 Å². The first-order chi connectivity index (χ1) is 15.7. The number of hydrogen-bond donors (Lipinski definition) is 1. The number of hydrogen-bond acceptors (Lipinski definition) is 6. The first-order valence-corrected chi connectivity index (χ1v) is 11.2. The van der Waals surface area contributed by atoms with Crippen LogP contribution in [-0.4, -0.2) is 39.1 Å². The summed E-state index contributed by atoms with van der Waals surface area (Å²) in [5.74, 6) is -1.09. The van der Waals surface area contributed by atoms with Crippen molar-refractivity contribution in [1.82, 2.24) is 14.5 Å². The molecule has 3 aromatic rings. The molecule has 0 saturated heterocycles. The number of rotatable bonds is 4. The topological polar surface area (TPSA) is 84.7 Å². The molecule has 172 valence electrons. The molecule has 4 heterocycles. The molecule has 1 atom stereocenters. The summed E-state index contributed by atoms with van der Waals surface area (Å²) in [6, 6.07) is 4.93. The van der Waals surface area contributed by atoms with Gasteiger partial charge in [0.05, 0.1) is 29.0 Å². The second-order valence-corrected chi connectivity index (χ2v) is 8.97. The first-order valence-electron chi connectivity index (χ1n) is 11.2. The highest BCUT2D eigenvalue weighted by molar-refractivity contribution is 5.89. The molecular formula is C25H26FN3O4. The van der Waals surface area contributed by atoms with Crippen molar-refractivity contribution in [1.29, 1.82) is 0 Å². The fourth-order valence-corrected chi connectivity index (χ4v) is 4.85. The van der Waals surface area contributed by atoms with Gasteiger partial charge in [0.2, 0.25) is 0 Å². The van der Waals surface area contributed by atoms with Crippen LogP contribution in [0.15, 0.2) is 23.0 Å². The van der Waals surface area contributed by atoms with E-state index < -0.39 is 11.6 Å². The second-order valence-electron chi connectivity index (χ2n) is 8.97. The minimum absolute atomic E-state index is 0.0801. The van der Waals surface area contributed by atoms with E-state index in [1.807, 2.05) is 13.1 Å². The van der Waals surface area contributed by atoms with E-state index in [1.54, 1.807) is 24.5 Å². The number of aliphatic hydroxyl groups is 1. The Morgan fingerprint density at radius 3 is 2.70 bits per heavy atom. The molecule has 33 heavy (non-hydrogen) atoms. The summed E-state index contributed by atoms with van der Waals surface area (Å²) in [5, 5.41) is 11.9. The van der Waals surface area contributed by atoms with Gasteiger partial charge >= 0.3 is 5.97 Å². The molecule has 2 aliphatic rings. The van der Waals surface area contributed by atoms with Gasteiger partial charge in [0.1, 0.15) is 12.4 Å². The number of ether oxygens (including phenoxy) is 1. The highest BCUT2D eigenvalue weighted by atomic mass is 19.1. The summed E-state index contributed by atoms with van der Waals surface area (Å²) in [7, 11) is 2.01. The van der Waals surface area contributed by atoms with E-state index in [-0.39, 0.29) is 35.5 Å². The van der Waals surface area contributed by atoms with Gasteiger partial charge in [-0.25, -0.2) is 14.2 Å². The van der Waals surface area contributed by atoms with Crippen molar-refractivity contribution in [2.75, 3.05) is 13.6 Å². The predicted octanol–water partition coefficient (Wildman–Crippen LogP) is 2.98. The van der Waals surface area contributed by atoms with Crippen molar-refractivity contribution in [2.24, 2.45) is 0 Å². The monoisotopic (exact) mass is 451 g/mol. The zero-order valence-electron chi connectivity index (χ0n) is 19.2. The first kappa shape index (κ1) is 21.7. The van der Waals surface area contributed by atoms with Crippen LogP contribution < -0.4 is 5.56 Å². The van der Waals surface area contributed by atoms with Gasteiger partial charge < -0.3 is 19.3 Å². The van der Waals surface area contributed by atoms with Crippen molar-refractivity contribution in [3.8, 4) is 11.4 Å². The summed E-state index contributed by atoms with van der Waals surface area (Å²) < 4.78 is 21.2. The number of nitrogens with zero attached hydrogens (tertiary/aromatic N) is 3. The Balaban J connectivity index is 1.82. The van der Waals surface area contributed by atoms with Gasteiger partial charge in [-0.2, -0.15) is 0 Å². The third-order valence-corrected chi connectivity index (χ3v) is 7.05. The summed E-state index contributed by atoms with van der Waals surface area (Å²) in [6.45, 7) is 7.05. The highest BCUT2D eigenvalue weighted by Crippen LogP contribution is 2.40. The van der Waals surface area contributed by atoms with Gasteiger partial charge in [-0.3, -0.25) is 4.79 Å². The number of carbonyl (C=O) groups excluding carboxylic acids is 1. The van der Waals surface area contributed by atoms with E-state index in [4.69, 9.17) is 9.72 Å². The molecule has 0 radical (unpaired) electrons. The maximum atomic E-state index is 14.4. The highest BCUT2D eigenvalue weighted by Gasteiger charge is 2.45. The van der Waals surface area contributed by atoms with Crippen LogP contribution in [0.25, 0.3) is 22.3 Å². The van der Waals surface area contributed by atoms with E-state index in [0.717, 1.165) is 23.1 Å². The minimum Gasteiger partial charge on any atom is -0.458 e. The fourth-order valence-electron chi connectivity index (χ4n) is 4.85. The van der Waals surface area contributed by atoms with Crippen LogP contribution in [0.2, 0.25) is 0 Å². The zero-order chi connectivity index (χ0) is 23.7. The van der Waals surface area contributed by atoms with E-state index in [2.05, 4.69) is 11.8 Å². The quantitative estimate of drug-likeness (QED) is 0.480. The number of cyclic esters (lactones) is 1. The van der Waals surface area contributed by atoms with Crippen LogP contribution in [0.4, 0.5) is 4.39 Å². The Bertz CT molecular complexity index is 1400. The molecular weight excluding hydrogens is 425 g/mol. The molecule has 0 spiro atoms. The Morgan fingerprint density at radius 2 is 2.00 bits per heavy atom. The van der Waals surface area contributed by atoms with Crippen molar-refractivity contribution in [3.05, 3.63) is 62.2 Å². The third kappa shape index (κ3) is 3.04. The lowest BCUT2D eigenvalue weighted by atomic mass is 9.86. The average molecular weight is 451 g/mol. The van der Waals surface area contributed by atoms with Crippen LogP contribution >= 0.6 is 0 Å². The van der Waals surface area contributed by atoms with Crippen molar-refractivity contribution >= 4 is 16.9 Å². The van der Waals surface area contributed by atoms with Crippen LogP contribution in [-0.2, 0) is 34.8 Å². The number of aromatic nitrogens is 2. The molecule has 0 unspecified atom stereocenters. The number of halogens is 1. The fraction of sp³-hybridized carbons (Fsp3) is 0.400. The van der Waals surface area contributed by atoms with Crippen LogP contribution in [0.5, 0.6) is 0 Å². The van der Waals surface area contributed by atoms with E-state index in [9.17, 15) is 19.1 Å². The van der Waals surface area contributed by atoms with Crippen LogP contribution in [0.3, 0.4) is 0 Å².